The molecule has 1 heterocycles. The van der Waals surface area contributed by atoms with E-state index >= 15 is 0 Å². The van der Waals surface area contributed by atoms with E-state index in [0.29, 0.717) is 0 Å². The number of rotatable bonds is 8. The van der Waals surface area contributed by atoms with Gasteiger partial charge >= 0.3 is 11.9 Å². The minimum absolute atomic E-state index is 0.111. The summed E-state index contributed by atoms with van der Waals surface area (Å²) in [5.41, 5.74) is 1.32. The van der Waals surface area contributed by atoms with Gasteiger partial charge in [-0.1, -0.05) is 54.1 Å². The lowest BCUT2D eigenvalue weighted by Crippen LogP contribution is -2.58. The van der Waals surface area contributed by atoms with Gasteiger partial charge in [-0.2, -0.15) is 8.42 Å². The van der Waals surface area contributed by atoms with Crippen molar-refractivity contribution in [3.05, 3.63) is 102 Å². The Morgan fingerprint density at radius 3 is 1.86 bits per heavy atom. The number of methoxy groups -OCH3 is 1. The molecule has 9 nitrogen and oxygen atoms in total. The average Bonchev–Trinajstić information content (AvgIpc) is 2.91. The fraction of sp³-hybridized carbons (Fsp3) is 0.259. The molecule has 4 rings (SSSR count). The van der Waals surface area contributed by atoms with Crippen molar-refractivity contribution in [1.82, 2.24) is 0 Å². The molecule has 1 fully saturated rings. The Hall–Kier alpha value is -3.57. The van der Waals surface area contributed by atoms with Crippen LogP contribution in [0, 0.1) is 6.92 Å². The summed E-state index contributed by atoms with van der Waals surface area (Å²) in [6, 6.07) is 22.3. The van der Waals surface area contributed by atoms with Gasteiger partial charge in [0.25, 0.3) is 10.1 Å². The number of carbonyl (C=O) groups excluding carboxylic acids is 2. The molecule has 10 heteroatoms. The second kappa shape index (κ2) is 11.7. The maximum absolute atomic E-state index is 13.2. The van der Waals surface area contributed by atoms with Gasteiger partial charge in [0, 0.05) is 7.11 Å². The second-order valence-electron chi connectivity index (χ2n) is 8.31. The molecule has 3 aromatic rings. The molecule has 0 aromatic heterocycles. The number of benzene rings is 3. The van der Waals surface area contributed by atoms with Gasteiger partial charge in [0.2, 0.25) is 0 Å². The third-order valence-electron chi connectivity index (χ3n) is 5.68. The fourth-order valence-corrected chi connectivity index (χ4v) is 4.85. The lowest BCUT2D eigenvalue weighted by molar-refractivity contribution is -0.255. The highest BCUT2D eigenvalue weighted by Crippen LogP contribution is 2.29. The molecule has 194 valence electrons. The van der Waals surface area contributed by atoms with Crippen LogP contribution in [0.5, 0.6) is 0 Å². The van der Waals surface area contributed by atoms with E-state index in [2.05, 4.69) is 0 Å². The number of hydrogen-bond acceptors (Lipinski definition) is 9. The summed E-state index contributed by atoms with van der Waals surface area (Å²) in [6.07, 6.45) is -5.28. The van der Waals surface area contributed by atoms with Crippen molar-refractivity contribution >= 4 is 22.1 Å². The number of carbonyl (C=O) groups is 2. The molecule has 3 aromatic carbocycles. The molecule has 0 radical (unpaired) electrons. The SMILES string of the molecule is COC1OCC(OC(=O)c2ccccc2)C(OS(=O)(=O)c2ccc(C)cc2)C1OC(=O)c1ccccc1. The van der Waals surface area contributed by atoms with Crippen molar-refractivity contribution in [2.75, 3.05) is 13.7 Å². The van der Waals surface area contributed by atoms with E-state index in [1.165, 1.54) is 19.2 Å². The summed E-state index contributed by atoms with van der Waals surface area (Å²) in [4.78, 5) is 25.6. The summed E-state index contributed by atoms with van der Waals surface area (Å²) in [5.74, 6) is -1.48. The summed E-state index contributed by atoms with van der Waals surface area (Å²) >= 11 is 0. The van der Waals surface area contributed by atoms with Crippen LogP contribution in [0.1, 0.15) is 26.3 Å². The molecule has 0 aliphatic carbocycles. The Kier molecular flexibility index (Phi) is 8.34. The third kappa shape index (κ3) is 6.41. The van der Waals surface area contributed by atoms with Crippen molar-refractivity contribution in [3.63, 3.8) is 0 Å². The van der Waals surface area contributed by atoms with Gasteiger partial charge in [-0.15, -0.1) is 0 Å². The predicted octanol–water partition coefficient (Wildman–Crippen LogP) is 3.52. The zero-order chi connectivity index (χ0) is 26.4. The van der Waals surface area contributed by atoms with Crippen molar-refractivity contribution in [2.45, 2.75) is 36.4 Å². The Morgan fingerprint density at radius 1 is 0.784 bits per heavy atom. The number of esters is 2. The molecule has 1 aliphatic rings. The maximum atomic E-state index is 13.2. The highest BCUT2D eigenvalue weighted by atomic mass is 32.2. The van der Waals surface area contributed by atoms with Gasteiger partial charge in [-0.05, 0) is 43.3 Å². The maximum Gasteiger partial charge on any atom is 0.338 e. The monoisotopic (exact) mass is 526 g/mol. The van der Waals surface area contributed by atoms with Crippen LogP contribution in [0.15, 0.2) is 89.8 Å². The molecule has 0 N–H and O–H groups in total. The van der Waals surface area contributed by atoms with Crippen LogP contribution in [-0.2, 0) is 33.2 Å². The van der Waals surface area contributed by atoms with Crippen LogP contribution in [0.25, 0.3) is 0 Å². The molecule has 0 spiro atoms. The highest BCUT2D eigenvalue weighted by Gasteiger charge is 2.49. The van der Waals surface area contributed by atoms with Crippen molar-refractivity contribution in [2.24, 2.45) is 0 Å². The lowest BCUT2D eigenvalue weighted by Gasteiger charge is -2.39. The predicted molar refractivity (Wildman–Crippen MR) is 131 cm³/mol. The van der Waals surface area contributed by atoms with Crippen LogP contribution in [-0.4, -0.2) is 58.7 Å². The van der Waals surface area contributed by atoms with Crippen LogP contribution < -0.4 is 0 Å². The summed E-state index contributed by atoms with van der Waals surface area (Å²) < 4.78 is 54.3. The van der Waals surface area contributed by atoms with E-state index in [9.17, 15) is 18.0 Å². The number of hydrogen-bond donors (Lipinski definition) is 0. The first kappa shape index (κ1) is 26.5. The van der Waals surface area contributed by atoms with E-state index in [1.807, 2.05) is 6.92 Å². The first-order chi connectivity index (χ1) is 17.8. The average molecular weight is 527 g/mol. The molecular weight excluding hydrogens is 500 g/mol. The topological polar surface area (TPSA) is 114 Å². The highest BCUT2D eigenvalue weighted by molar-refractivity contribution is 7.86. The molecule has 1 saturated heterocycles. The quantitative estimate of drug-likeness (QED) is 0.321. The molecule has 0 saturated carbocycles. The Balaban J connectivity index is 1.67. The Labute approximate surface area is 215 Å². The van der Waals surface area contributed by atoms with E-state index in [4.69, 9.17) is 23.1 Å². The van der Waals surface area contributed by atoms with Crippen molar-refractivity contribution in [3.8, 4) is 0 Å². The number of ether oxygens (including phenoxy) is 4. The van der Waals surface area contributed by atoms with E-state index < -0.39 is 46.7 Å². The molecule has 0 bridgehead atoms. The summed E-state index contributed by atoms with van der Waals surface area (Å²) in [5, 5.41) is 0. The molecule has 4 atom stereocenters. The van der Waals surface area contributed by atoms with Crippen molar-refractivity contribution < 1.29 is 41.1 Å². The van der Waals surface area contributed by atoms with Gasteiger partial charge in [-0.25, -0.2) is 9.59 Å². The largest absolute Gasteiger partial charge is 0.453 e. The zero-order valence-electron chi connectivity index (χ0n) is 20.2. The Morgan fingerprint density at radius 2 is 1.32 bits per heavy atom. The molecular formula is C27H26O9S. The Bertz CT molecular complexity index is 1310. The standard InChI is InChI=1S/C27H26O9S/c1-18-13-15-21(16-14-18)37(30,31)36-23-22(34-25(28)19-9-5-3-6-10-19)17-33-27(32-2)24(23)35-26(29)20-11-7-4-8-12-20/h3-16,22-24,27H,17H2,1-2H3. The van der Waals surface area contributed by atoms with Gasteiger partial charge < -0.3 is 18.9 Å². The van der Waals surface area contributed by atoms with Gasteiger partial charge in [0.1, 0.15) is 0 Å². The first-order valence-corrected chi connectivity index (χ1v) is 12.9. The lowest BCUT2D eigenvalue weighted by atomic mass is 10.0. The minimum atomic E-state index is -4.37. The first-order valence-electron chi connectivity index (χ1n) is 11.4. The fourth-order valence-electron chi connectivity index (χ4n) is 3.74. The third-order valence-corrected chi connectivity index (χ3v) is 7.01. The molecule has 37 heavy (non-hydrogen) atoms. The normalized spacial score (nSPS) is 21.7. The van der Waals surface area contributed by atoms with E-state index in [1.54, 1.807) is 72.8 Å². The zero-order valence-corrected chi connectivity index (χ0v) is 21.0. The van der Waals surface area contributed by atoms with Gasteiger partial charge in [0.05, 0.1) is 22.6 Å². The van der Waals surface area contributed by atoms with E-state index in [-0.39, 0.29) is 22.6 Å². The minimum Gasteiger partial charge on any atom is -0.453 e. The molecule has 1 aliphatic heterocycles. The molecule has 4 unspecified atom stereocenters. The van der Waals surface area contributed by atoms with Crippen molar-refractivity contribution in [1.29, 1.82) is 0 Å². The number of aryl methyl sites for hydroxylation is 1. The van der Waals surface area contributed by atoms with E-state index in [0.717, 1.165) is 5.56 Å². The smallest absolute Gasteiger partial charge is 0.338 e. The molecule has 0 amide bonds. The van der Waals surface area contributed by atoms with Crippen LogP contribution >= 0.6 is 0 Å². The van der Waals surface area contributed by atoms with Gasteiger partial charge in [0.15, 0.2) is 24.6 Å². The van der Waals surface area contributed by atoms with Crippen LogP contribution in [0.3, 0.4) is 0 Å². The second-order valence-corrected chi connectivity index (χ2v) is 9.88. The van der Waals surface area contributed by atoms with Gasteiger partial charge in [-0.3, -0.25) is 4.18 Å². The summed E-state index contributed by atoms with van der Waals surface area (Å²) in [7, 11) is -3.05. The van der Waals surface area contributed by atoms with Crippen LogP contribution in [0.4, 0.5) is 0 Å². The van der Waals surface area contributed by atoms with Crippen LogP contribution in [0.2, 0.25) is 0 Å². The summed E-state index contributed by atoms with van der Waals surface area (Å²) in [6.45, 7) is 1.56.